The minimum atomic E-state index is -0.944. The molecule has 1 fully saturated rings. The molecule has 2 N–H and O–H groups in total. The van der Waals surface area contributed by atoms with E-state index < -0.39 is 5.72 Å². The van der Waals surface area contributed by atoms with Crippen LogP contribution in [0.1, 0.15) is 10.4 Å². The van der Waals surface area contributed by atoms with Crippen molar-refractivity contribution in [2.45, 2.75) is 5.72 Å². The summed E-state index contributed by atoms with van der Waals surface area (Å²) in [5, 5.41) is 13.5. The lowest BCUT2D eigenvalue weighted by Gasteiger charge is -2.47. The molecule has 166 valence electrons. The van der Waals surface area contributed by atoms with Crippen molar-refractivity contribution in [1.29, 1.82) is 0 Å². The summed E-state index contributed by atoms with van der Waals surface area (Å²) in [6, 6.07) is 10.7. The number of carbonyl (C=O) groups is 1. The Hall–Kier alpha value is -2.39. The lowest BCUT2D eigenvalue weighted by molar-refractivity contribution is -0.163. The minimum Gasteiger partial charge on any atom is -0.484 e. The van der Waals surface area contributed by atoms with Gasteiger partial charge in [-0.25, -0.2) is 4.39 Å². The Labute approximate surface area is 185 Å². The van der Waals surface area contributed by atoms with Gasteiger partial charge < -0.3 is 19.9 Å². The zero-order valence-electron chi connectivity index (χ0n) is 17.0. The molecule has 2 aliphatic rings. The molecule has 2 aromatic carbocycles. The van der Waals surface area contributed by atoms with Crippen molar-refractivity contribution in [2.75, 3.05) is 52.5 Å². The lowest BCUT2D eigenvalue weighted by atomic mass is 10.1. The quantitative estimate of drug-likeness (QED) is 0.702. The number of ether oxygens (including phenoxy) is 2. The van der Waals surface area contributed by atoms with Crippen molar-refractivity contribution >= 4 is 17.5 Å². The van der Waals surface area contributed by atoms with Gasteiger partial charge in [-0.15, -0.1) is 0 Å². The molecule has 31 heavy (non-hydrogen) atoms. The van der Waals surface area contributed by atoms with Crippen LogP contribution >= 0.6 is 11.6 Å². The Kier molecular flexibility index (Phi) is 6.62. The summed E-state index contributed by atoms with van der Waals surface area (Å²) in [6.07, 6.45) is 0. The van der Waals surface area contributed by atoms with Crippen molar-refractivity contribution < 1.29 is 23.8 Å². The summed E-state index contributed by atoms with van der Waals surface area (Å²) in [5.41, 5.74) is -0.508. The second kappa shape index (κ2) is 9.40. The van der Waals surface area contributed by atoms with Gasteiger partial charge in [-0.3, -0.25) is 14.6 Å². The molecule has 1 atom stereocenters. The van der Waals surface area contributed by atoms with E-state index in [4.69, 9.17) is 21.1 Å². The number of rotatable bonds is 6. The van der Waals surface area contributed by atoms with Gasteiger partial charge in [0.15, 0.2) is 11.5 Å². The second-order valence-corrected chi connectivity index (χ2v) is 8.11. The first kappa shape index (κ1) is 21.8. The first-order valence-electron chi connectivity index (χ1n) is 10.2. The Morgan fingerprint density at radius 2 is 1.87 bits per heavy atom. The van der Waals surface area contributed by atoms with Crippen LogP contribution in [-0.2, 0) is 0 Å². The summed E-state index contributed by atoms with van der Waals surface area (Å²) < 4.78 is 25.0. The third kappa shape index (κ3) is 4.93. The maximum atomic E-state index is 13.0. The summed E-state index contributed by atoms with van der Waals surface area (Å²) >= 11 is 6.07. The van der Waals surface area contributed by atoms with Crippen LogP contribution in [-0.4, -0.2) is 79.0 Å². The van der Waals surface area contributed by atoms with E-state index in [1.807, 2.05) is 0 Å². The van der Waals surface area contributed by atoms with Crippen LogP contribution in [0.5, 0.6) is 11.5 Å². The average Bonchev–Trinajstić information content (AvgIpc) is 2.79. The molecule has 1 amide bonds. The van der Waals surface area contributed by atoms with E-state index in [1.54, 1.807) is 18.2 Å². The molecule has 0 aromatic heterocycles. The van der Waals surface area contributed by atoms with Crippen molar-refractivity contribution in [3.05, 3.63) is 58.9 Å². The number of fused-ring (bicyclic) bond motifs is 1. The van der Waals surface area contributed by atoms with Gasteiger partial charge in [-0.05, 0) is 36.4 Å². The smallest absolute Gasteiger partial charge is 0.251 e. The van der Waals surface area contributed by atoms with Gasteiger partial charge in [0, 0.05) is 55.9 Å². The zero-order valence-corrected chi connectivity index (χ0v) is 17.8. The number of halogens is 2. The highest BCUT2D eigenvalue weighted by Crippen LogP contribution is 2.38. The number of nitrogens with one attached hydrogen (secondary N) is 1. The first-order valence-corrected chi connectivity index (χ1v) is 10.6. The van der Waals surface area contributed by atoms with E-state index in [1.165, 1.54) is 24.3 Å². The number of amides is 1. The monoisotopic (exact) mass is 449 g/mol. The molecule has 2 aliphatic heterocycles. The molecule has 1 saturated heterocycles. The molecule has 0 radical (unpaired) electrons. The molecular formula is C22H25ClFN3O4. The number of hydrogen-bond acceptors (Lipinski definition) is 6. The van der Waals surface area contributed by atoms with Gasteiger partial charge in [-0.1, -0.05) is 11.6 Å². The number of hydrogen-bond donors (Lipinski definition) is 2. The van der Waals surface area contributed by atoms with Gasteiger partial charge in [0.05, 0.1) is 0 Å². The largest absolute Gasteiger partial charge is 0.484 e. The minimum absolute atomic E-state index is 0.202. The molecule has 2 heterocycles. The average molecular weight is 450 g/mol. The van der Waals surface area contributed by atoms with E-state index >= 15 is 0 Å². The van der Waals surface area contributed by atoms with Crippen LogP contribution in [0, 0.1) is 5.82 Å². The summed E-state index contributed by atoms with van der Waals surface area (Å²) in [5.74, 6) is 0.555. The summed E-state index contributed by atoms with van der Waals surface area (Å²) in [6.45, 7) is 4.12. The SMILES string of the molecule is O=C(NCCN1CCN(C2(CO)COc3ccc(Cl)cc3O2)CC1)c1ccc(F)cc1. The van der Waals surface area contributed by atoms with Crippen LogP contribution in [0.25, 0.3) is 0 Å². The van der Waals surface area contributed by atoms with E-state index in [0.717, 1.165) is 13.1 Å². The molecular weight excluding hydrogens is 425 g/mol. The Morgan fingerprint density at radius 3 is 2.58 bits per heavy atom. The first-order chi connectivity index (χ1) is 15.0. The number of carbonyl (C=O) groups excluding carboxylic acids is 1. The maximum Gasteiger partial charge on any atom is 0.251 e. The number of nitrogens with zero attached hydrogens (tertiary/aromatic N) is 2. The topological polar surface area (TPSA) is 74.3 Å². The van der Waals surface area contributed by atoms with Crippen LogP contribution < -0.4 is 14.8 Å². The molecule has 0 saturated carbocycles. The van der Waals surface area contributed by atoms with Gasteiger partial charge >= 0.3 is 0 Å². The molecule has 4 rings (SSSR count). The van der Waals surface area contributed by atoms with E-state index in [-0.39, 0.29) is 24.9 Å². The van der Waals surface area contributed by atoms with Gasteiger partial charge in [-0.2, -0.15) is 0 Å². The predicted octanol–water partition coefficient (Wildman–Crippen LogP) is 1.99. The van der Waals surface area contributed by atoms with E-state index in [0.29, 0.717) is 48.3 Å². The van der Waals surface area contributed by atoms with E-state index in [2.05, 4.69) is 15.1 Å². The molecule has 0 aliphatic carbocycles. The highest BCUT2D eigenvalue weighted by molar-refractivity contribution is 6.30. The van der Waals surface area contributed by atoms with Gasteiger partial charge in [0.1, 0.15) is 19.0 Å². The van der Waals surface area contributed by atoms with Gasteiger partial charge in [0.2, 0.25) is 5.72 Å². The summed E-state index contributed by atoms with van der Waals surface area (Å²) in [4.78, 5) is 16.5. The molecule has 2 aromatic rings. The van der Waals surface area contributed by atoms with Gasteiger partial charge in [0.25, 0.3) is 5.91 Å². The molecule has 0 spiro atoms. The summed E-state index contributed by atoms with van der Waals surface area (Å²) in [7, 11) is 0. The normalized spacial score (nSPS) is 21.6. The third-order valence-electron chi connectivity index (χ3n) is 5.67. The van der Waals surface area contributed by atoms with E-state index in [9.17, 15) is 14.3 Å². The zero-order chi connectivity index (χ0) is 21.8. The van der Waals surface area contributed by atoms with Crippen LogP contribution in [0.15, 0.2) is 42.5 Å². The number of aliphatic hydroxyl groups excluding tert-OH is 1. The maximum absolute atomic E-state index is 13.0. The van der Waals surface area contributed by atoms with Crippen molar-refractivity contribution in [3.63, 3.8) is 0 Å². The number of aliphatic hydroxyl groups is 1. The lowest BCUT2D eigenvalue weighted by Crippen LogP contribution is -2.65. The Bertz CT molecular complexity index is 921. The van der Waals surface area contributed by atoms with Crippen LogP contribution in [0.2, 0.25) is 5.02 Å². The highest BCUT2D eigenvalue weighted by Gasteiger charge is 2.44. The molecule has 7 nitrogen and oxygen atoms in total. The highest BCUT2D eigenvalue weighted by atomic mass is 35.5. The fourth-order valence-electron chi connectivity index (χ4n) is 3.85. The number of piperazine rings is 1. The van der Waals surface area contributed by atoms with Crippen molar-refractivity contribution in [1.82, 2.24) is 15.1 Å². The molecule has 9 heteroatoms. The Morgan fingerprint density at radius 1 is 1.13 bits per heavy atom. The second-order valence-electron chi connectivity index (χ2n) is 7.68. The number of benzene rings is 2. The standard InChI is InChI=1S/C22H25ClFN3O4/c23-17-3-6-19-20(13-17)31-22(14-28,15-30-19)27-11-9-26(10-12-27)8-7-25-21(29)16-1-4-18(24)5-2-16/h1-6,13,28H,7-12,14-15H2,(H,25,29). The third-order valence-corrected chi connectivity index (χ3v) is 5.91. The predicted molar refractivity (Wildman–Crippen MR) is 114 cm³/mol. The fraction of sp³-hybridized carbons (Fsp3) is 0.409. The van der Waals surface area contributed by atoms with Crippen molar-refractivity contribution in [3.8, 4) is 11.5 Å². The fourth-order valence-corrected chi connectivity index (χ4v) is 4.01. The molecule has 0 bridgehead atoms. The van der Waals surface area contributed by atoms with Crippen molar-refractivity contribution in [2.24, 2.45) is 0 Å². The van der Waals surface area contributed by atoms with Crippen LogP contribution in [0.4, 0.5) is 4.39 Å². The molecule has 1 unspecified atom stereocenters. The Balaban J connectivity index is 1.27. The van der Waals surface area contributed by atoms with Crippen LogP contribution in [0.3, 0.4) is 0 Å².